The Morgan fingerprint density at radius 1 is 1.10 bits per heavy atom. The molecule has 2 aromatic carbocycles. The minimum Gasteiger partial charge on any atom is -0.496 e. The Bertz CT molecular complexity index is 584. The van der Waals surface area contributed by atoms with Crippen LogP contribution in [0.5, 0.6) is 11.5 Å². The van der Waals surface area contributed by atoms with E-state index in [-0.39, 0.29) is 18.5 Å². The predicted octanol–water partition coefficient (Wildman–Crippen LogP) is 3.43. The topological polar surface area (TPSA) is 44.5 Å². The summed E-state index contributed by atoms with van der Waals surface area (Å²) in [6.45, 7) is 2.01. The molecule has 1 atom stereocenters. The van der Waals surface area contributed by atoms with Gasteiger partial charge in [-0.3, -0.25) is 0 Å². The van der Waals surface area contributed by atoms with E-state index in [0.717, 1.165) is 5.56 Å². The molecule has 0 amide bonds. The highest BCUT2D eigenvalue weighted by atomic mass is 19.1. The van der Waals surface area contributed by atoms with Gasteiger partial charge in [0.05, 0.1) is 12.7 Å². The van der Waals surface area contributed by atoms with Crippen molar-refractivity contribution in [3.8, 4) is 11.5 Å². The normalized spacial score (nSPS) is 12.0. The number of nitrogens with two attached hydrogens (primary N) is 1. The molecule has 0 spiro atoms. The number of rotatable bonds is 5. The number of benzene rings is 2. The van der Waals surface area contributed by atoms with Crippen molar-refractivity contribution in [3.05, 3.63) is 59.4 Å². The zero-order valence-electron chi connectivity index (χ0n) is 11.6. The second kappa shape index (κ2) is 6.39. The third kappa shape index (κ3) is 3.08. The molecule has 0 aliphatic heterocycles. The second-order valence-corrected chi connectivity index (χ2v) is 4.54. The van der Waals surface area contributed by atoms with Crippen molar-refractivity contribution in [2.45, 2.75) is 19.6 Å². The minimum atomic E-state index is -0.280. The van der Waals surface area contributed by atoms with Crippen LogP contribution in [0.25, 0.3) is 0 Å². The molecule has 0 saturated carbocycles. The molecule has 0 aliphatic carbocycles. The van der Waals surface area contributed by atoms with Gasteiger partial charge in [-0.1, -0.05) is 24.3 Å². The van der Waals surface area contributed by atoms with Gasteiger partial charge < -0.3 is 15.2 Å². The van der Waals surface area contributed by atoms with Crippen LogP contribution in [0.3, 0.4) is 0 Å². The van der Waals surface area contributed by atoms with Crippen molar-refractivity contribution in [1.82, 2.24) is 0 Å². The summed E-state index contributed by atoms with van der Waals surface area (Å²) < 4.78 is 24.6. The van der Waals surface area contributed by atoms with Crippen molar-refractivity contribution in [3.63, 3.8) is 0 Å². The van der Waals surface area contributed by atoms with Crippen molar-refractivity contribution in [2.75, 3.05) is 7.11 Å². The second-order valence-electron chi connectivity index (χ2n) is 4.54. The van der Waals surface area contributed by atoms with Crippen LogP contribution in [0.1, 0.15) is 24.1 Å². The number of hydrogen-bond acceptors (Lipinski definition) is 3. The molecule has 20 heavy (non-hydrogen) atoms. The fraction of sp³-hybridized carbons (Fsp3) is 0.250. The van der Waals surface area contributed by atoms with E-state index in [0.29, 0.717) is 17.1 Å². The zero-order chi connectivity index (χ0) is 14.5. The van der Waals surface area contributed by atoms with Gasteiger partial charge in [-0.2, -0.15) is 0 Å². The molecular weight excluding hydrogens is 257 g/mol. The smallest absolute Gasteiger partial charge is 0.129 e. The Kier molecular flexibility index (Phi) is 4.58. The Balaban J connectivity index is 2.24. The standard InChI is InChI=1S/C16H18FNO2/c1-11(18)16-14(19-2)8-5-9-15(16)20-10-12-6-3-4-7-13(12)17/h3-9,11H,10,18H2,1-2H3/t11-/m0/s1. The molecule has 2 N–H and O–H groups in total. The lowest BCUT2D eigenvalue weighted by Gasteiger charge is -2.17. The summed E-state index contributed by atoms with van der Waals surface area (Å²) in [4.78, 5) is 0. The van der Waals surface area contributed by atoms with Crippen LogP contribution in [-0.4, -0.2) is 7.11 Å². The Morgan fingerprint density at radius 2 is 1.80 bits per heavy atom. The third-order valence-electron chi connectivity index (χ3n) is 3.04. The molecule has 0 unspecified atom stereocenters. The Labute approximate surface area is 118 Å². The lowest BCUT2D eigenvalue weighted by Crippen LogP contribution is -2.10. The van der Waals surface area contributed by atoms with Gasteiger partial charge in [0, 0.05) is 11.6 Å². The first-order chi connectivity index (χ1) is 9.63. The summed E-state index contributed by atoms with van der Waals surface area (Å²) in [6.07, 6.45) is 0. The van der Waals surface area contributed by atoms with Crippen LogP contribution in [0, 0.1) is 5.82 Å². The third-order valence-corrected chi connectivity index (χ3v) is 3.04. The number of methoxy groups -OCH3 is 1. The van der Waals surface area contributed by atoms with Crippen LogP contribution >= 0.6 is 0 Å². The maximum absolute atomic E-state index is 13.6. The van der Waals surface area contributed by atoms with E-state index < -0.39 is 0 Å². The largest absolute Gasteiger partial charge is 0.496 e. The summed E-state index contributed by atoms with van der Waals surface area (Å²) in [5, 5.41) is 0. The fourth-order valence-electron chi connectivity index (χ4n) is 2.05. The number of halogens is 1. The lowest BCUT2D eigenvalue weighted by atomic mass is 10.1. The van der Waals surface area contributed by atoms with Gasteiger partial charge in [0.2, 0.25) is 0 Å². The average Bonchev–Trinajstić information content (AvgIpc) is 2.45. The monoisotopic (exact) mass is 275 g/mol. The first-order valence-corrected chi connectivity index (χ1v) is 6.42. The van der Waals surface area contributed by atoms with Gasteiger partial charge in [0.1, 0.15) is 23.9 Å². The molecule has 0 bridgehead atoms. The van der Waals surface area contributed by atoms with E-state index in [9.17, 15) is 4.39 Å². The summed E-state index contributed by atoms with van der Waals surface area (Å²) in [5.41, 5.74) is 7.24. The van der Waals surface area contributed by atoms with Crippen LogP contribution in [-0.2, 0) is 6.61 Å². The molecule has 106 valence electrons. The Morgan fingerprint density at radius 3 is 2.45 bits per heavy atom. The summed E-state index contributed by atoms with van der Waals surface area (Å²) in [7, 11) is 1.59. The predicted molar refractivity (Wildman–Crippen MR) is 76.3 cm³/mol. The molecule has 0 radical (unpaired) electrons. The maximum atomic E-state index is 13.6. The average molecular weight is 275 g/mol. The molecule has 0 saturated heterocycles. The van der Waals surface area contributed by atoms with Crippen LogP contribution in [0.2, 0.25) is 0 Å². The van der Waals surface area contributed by atoms with Crippen LogP contribution in [0.15, 0.2) is 42.5 Å². The van der Waals surface area contributed by atoms with Crippen molar-refractivity contribution in [1.29, 1.82) is 0 Å². The molecule has 4 heteroatoms. The SMILES string of the molecule is COc1cccc(OCc2ccccc2F)c1[C@H](C)N. The van der Waals surface area contributed by atoms with E-state index in [4.69, 9.17) is 15.2 Å². The van der Waals surface area contributed by atoms with E-state index in [1.54, 1.807) is 25.3 Å². The molecule has 2 rings (SSSR count). The van der Waals surface area contributed by atoms with Gasteiger partial charge in [-0.05, 0) is 25.1 Å². The number of ether oxygens (including phenoxy) is 2. The maximum Gasteiger partial charge on any atom is 0.129 e. The summed E-state index contributed by atoms with van der Waals surface area (Å²) >= 11 is 0. The van der Waals surface area contributed by atoms with E-state index in [1.165, 1.54) is 6.07 Å². The van der Waals surface area contributed by atoms with Crippen LogP contribution in [0.4, 0.5) is 4.39 Å². The first-order valence-electron chi connectivity index (χ1n) is 6.42. The fourth-order valence-corrected chi connectivity index (χ4v) is 2.05. The van der Waals surface area contributed by atoms with Gasteiger partial charge >= 0.3 is 0 Å². The quantitative estimate of drug-likeness (QED) is 0.909. The molecule has 0 fully saturated rings. The van der Waals surface area contributed by atoms with Crippen molar-refractivity contribution >= 4 is 0 Å². The Hall–Kier alpha value is -2.07. The molecular formula is C16H18FNO2. The molecule has 2 aromatic rings. The van der Waals surface area contributed by atoms with E-state index in [2.05, 4.69) is 0 Å². The van der Waals surface area contributed by atoms with E-state index >= 15 is 0 Å². The van der Waals surface area contributed by atoms with Gasteiger partial charge in [0.25, 0.3) is 0 Å². The highest BCUT2D eigenvalue weighted by Gasteiger charge is 2.14. The summed E-state index contributed by atoms with van der Waals surface area (Å²) in [5.74, 6) is 1.01. The lowest BCUT2D eigenvalue weighted by molar-refractivity contribution is 0.292. The van der Waals surface area contributed by atoms with Crippen molar-refractivity contribution < 1.29 is 13.9 Å². The van der Waals surface area contributed by atoms with Gasteiger partial charge in [-0.25, -0.2) is 4.39 Å². The highest BCUT2D eigenvalue weighted by molar-refractivity contribution is 5.46. The van der Waals surface area contributed by atoms with Gasteiger partial charge in [-0.15, -0.1) is 0 Å². The molecule has 3 nitrogen and oxygen atoms in total. The number of hydrogen-bond donors (Lipinski definition) is 1. The molecule has 0 aromatic heterocycles. The zero-order valence-corrected chi connectivity index (χ0v) is 11.6. The minimum absolute atomic E-state index is 0.152. The molecule has 0 heterocycles. The van der Waals surface area contributed by atoms with Gasteiger partial charge in [0.15, 0.2) is 0 Å². The summed E-state index contributed by atoms with van der Waals surface area (Å²) in [6, 6.07) is 11.8. The van der Waals surface area contributed by atoms with Crippen LogP contribution < -0.4 is 15.2 Å². The first kappa shape index (κ1) is 14.3. The highest BCUT2D eigenvalue weighted by Crippen LogP contribution is 2.33. The van der Waals surface area contributed by atoms with E-state index in [1.807, 2.05) is 25.1 Å². The van der Waals surface area contributed by atoms with Crippen molar-refractivity contribution in [2.24, 2.45) is 5.73 Å². The molecule has 0 aliphatic rings.